The van der Waals surface area contributed by atoms with Gasteiger partial charge in [0.1, 0.15) is 60.7 Å². The average Bonchev–Trinajstić information content (AvgIpc) is 3.97. The molecule has 4 aliphatic carbocycles. The van der Waals surface area contributed by atoms with E-state index in [9.17, 15) is 50.8 Å². The summed E-state index contributed by atoms with van der Waals surface area (Å²) in [5.74, 6) is -1.14. The van der Waals surface area contributed by atoms with Crippen LogP contribution >= 0.6 is 0 Å². The van der Waals surface area contributed by atoms with Crippen LogP contribution in [0.5, 0.6) is 5.75 Å². The zero-order chi connectivity index (χ0) is 53.1. The second kappa shape index (κ2) is 19.9. The number of aliphatic hydroxyl groups is 8. The predicted octanol–water partition coefficient (Wildman–Crippen LogP) is 2.58. The minimum Gasteiger partial charge on any atom is -0.508 e. The van der Waals surface area contributed by atoms with Crippen LogP contribution in [-0.4, -0.2) is 182 Å². The first-order chi connectivity index (χ1) is 34.9. The van der Waals surface area contributed by atoms with Gasteiger partial charge in [0, 0.05) is 30.3 Å². The molecule has 1 aromatic rings. The Morgan fingerprint density at radius 1 is 0.770 bits per heavy atom. The highest BCUT2D eigenvalue weighted by Crippen LogP contribution is 2.80. The van der Waals surface area contributed by atoms with Crippen molar-refractivity contribution in [2.75, 3.05) is 26.4 Å². The number of aliphatic hydroxyl groups excluding tert-OH is 7. The Bertz CT molecular complexity index is 2250. The lowest BCUT2D eigenvalue weighted by Gasteiger charge is -2.70. The number of carbonyl (C=O) groups excluding carboxylic acids is 1. The smallest absolute Gasteiger partial charge is 0.331 e. The van der Waals surface area contributed by atoms with Crippen molar-refractivity contribution in [1.82, 2.24) is 0 Å². The molecule has 5 aliphatic heterocycles. The quantitative estimate of drug-likeness (QED) is 0.0630. The van der Waals surface area contributed by atoms with E-state index in [1.54, 1.807) is 12.1 Å². The molecule has 10 rings (SSSR count). The molecule has 5 saturated heterocycles. The molecule has 19 nitrogen and oxygen atoms in total. The molecule has 0 amide bonds. The summed E-state index contributed by atoms with van der Waals surface area (Å²) in [4.78, 5) is 13.3. The highest BCUT2D eigenvalue weighted by Gasteiger charge is 2.81. The number of phenols is 1. The number of phenolic OH excluding ortho intramolecular Hbond substituents is 1. The largest absolute Gasteiger partial charge is 0.508 e. The second-order valence-corrected chi connectivity index (χ2v) is 24.8. The fourth-order valence-electron chi connectivity index (χ4n) is 16.7. The molecule has 2 bridgehead atoms. The van der Waals surface area contributed by atoms with E-state index in [0.717, 1.165) is 50.2 Å². The van der Waals surface area contributed by atoms with Crippen LogP contribution in [0.25, 0.3) is 6.08 Å². The average molecular weight is 1050 g/mol. The van der Waals surface area contributed by atoms with Gasteiger partial charge in [-0.15, -0.1) is 0 Å². The highest BCUT2D eigenvalue weighted by molar-refractivity contribution is 5.87. The predicted molar refractivity (Wildman–Crippen MR) is 260 cm³/mol. The number of hydrogen-bond donors (Lipinski definition) is 9. The van der Waals surface area contributed by atoms with Gasteiger partial charge in [-0.25, -0.2) is 4.79 Å². The lowest BCUT2D eigenvalue weighted by atomic mass is 9.35. The number of hydrogen-bond acceptors (Lipinski definition) is 19. The van der Waals surface area contributed by atoms with Crippen LogP contribution in [0.4, 0.5) is 0 Å². The maximum atomic E-state index is 13.3. The molecule has 9 fully saturated rings. The van der Waals surface area contributed by atoms with Crippen molar-refractivity contribution in [1.29, 1.82) is 0 Å². The van der Waals surface area contributed by atoms with Crippen LogP contribution in [0.1, 0.15) is 105 Å². The third-order valence-corrected chi connectivity index (χ3v) is 19.9. The summed E-state index contributed by atoms with van der Waals surface area (Å²) in [6.45, 7) is 14.3. The van der Waals surface area contributed by atoms with Gasteiger partial charge in [0.25, 0.3) is 0 Å². The van der Waals surface area contributed by atoms with Gasteiger partial charge in [0.15, 0.2) is 30.8 Å². The normalized spacial score (nSPS) is 50.4. The summed E-state index contributed by atoms with van der Waals surface area (Å²) < 4.78 is 57.4. The minimum atomic E-state index is -1.85. The molecule has 9 N–H and O–H groups in total. The van der Waals surface area contributed by atoms with Gasteiger partial charge in [-0.05, 0) is 117 Å². The number of ether oxygens (including phenoxy) is 9. The third-order valence-electron chi connectivity index (χ3n) is 19.9. The minimum absolute atomic E-state index is 0.0220. The first-order valence-corrected chi connectivity index (χ1v) is 26.8. The van der Waals surface area contributed by atoms with E-state index >= 15 is 0 Å². The Labute approximate surface area is 432 Å². The maximum Gasteiger partial charge on any atom is 0.331 e. The van der Waals surface area contributed by atoms with Crippen LogP contribution < -0.4 is 0 Å². The lowest BCUT2D eigenvalue weighted by Crippen LogP contribution is -2.67. The molecule has 0 unspecified atom stereocenters. The van der Waals surface area contributed by atoms with Crippen molar-refractivity contribution in [2.45, 2.75) is 203 Å². The SMILES string of the molecule is CC(C)=C[C@H]1C[C@](C)(O)[C@@H]2[C@H]3CC[C@@H]4[C@@]5(C)CC[C@H](O[C@@H]6OC[C@H](O)[C@H](O[C@@H]7O[C@H](CO)[C@@H](O)[C@H](O)[C@H]7OC(=O)/C=C/c7ccc(O)cc7)[C@H]6O[C@@H]6O[C@@H](CO)[C@H](O)[C@H]6O)C(C)(C)[C@@H]5CC[C@@]4(C)[C@@]34CO[C@@]2(C4)O1. The zero-order valence-corrected chi connectivity index (χ0v) is 43.6. The summed E-state index contributed by atoms with van der Waals surface area (Å²) in [5.41, 5.74) is -0.128. The zero-order valence-electron chi connectivity index (χ0n) is 43.6. The molecule has 2 spiro atoms. The summed E-state index contributed by atoms with van der Waals surface area (Å²) in [5, 5.41) is 98.1. The number of fused-ring (bicyclic) bond motifs is 4. The van der Waals surface area contributed by atoms with Crippen molar-refractivity contribution in [3.63, 3.8) is 0 Å². The van der Waals surface area contributed by atoms with Crippen LogP contribution in [0.15, 0.2) is 42.0 Å². The summed E-state index contributed by atoms with van der Waals surface area (Å²) >= 11 is 0. The van der Waals surface area contributed by atoms with Crippen molar-refractivity contribution in [3.05, 3.63) is 47.6 Å². The Kier molecular flexibility index (Phi) is 14.7. The fraction of sp³-hybridized carbons (Fsp3) is 0.800. The fourth-order valence-corrected chi connectivity index (χ4v) is 16.7. The maximum absolute atomic E-state index is 13.3. The van der Waals surface area contributed by atoms with E-state index in [1.807, 2.05) is 6.92 Å². The summed E-state index contributed by atoms with van der Waals surface area (Å²) in [6.07, 6.45) is -9.83. The van der Waals surface area contributed by atoms with Crippen molar-refractivity contribution in [3.8, 4) is 5.75 Å². The van der Waals surface area contributed by atoms with Gasteiger partial charge >= 0.3 is 5.97 Å². The van der Waals surface area contributed by atoms with Gasteiger partial charge in [0.05, 0.1) is 44.2 Å². The molecule has 1 aromatic carbocycles. The Morgan fingerprint density at radius 3 is 2.14 bits per heavy atom. The van der Waals surface area contributed by atoms with E-state index in [0.29, 0.717) is 30.9 Å². The Balaban J connectivity index is 0.906. The first-order valence-electron chi connectivity index (χ1n) is 26.8. The van der Waals surface area contributed by atoms with E-state index in [2.05, 4.69) is 47.6 Å². The van der Waals surface area contributed by atoms with Crippen LogP contribution in [-0.2, 0) is 47.4 Å². The number of allylic oxidation sites excluding steroid dienone is 1. The topological polar surface area (TPSA) is 282 Å². The molecule has 19 heteroatoms. The number of aromatic hydroxyl groups is 1. The van der Waals surface area contributed by atoms with Gasteiger partial charge in [-0.3, -0.25) is 0 Å². The molecule has 4 saturated carbocycles. The van der Waals surface area contributed by atoms with Crippen LogP contribution in [0.2, 0.25) is 0 Å². The monoisotopic (exact) mass is 1040 g/mol. The summed E-state index contributed by atoms with van der Waals surface area (Å²) in [6, 6.07) is 5.98. The van der Waals surface area contributed by atoms with Gasteiger partial charge in [0.2, 0.25) is 0 Å². The van der Waals surface area contributed by atoms with E-state index in [1.165, 1.54) is 18.2 Å². The number of benzene rings is 1. The van der Waals surface area contributed by atoms with Crippen molar-refractivity contribution < 1.29 is 93.4 Å². The van der Waals surface area contributed by atoms with Gasteiger partial charge in [-0.2, -0.15) is 0 Å². The summed E-state index contributed by atoms with van der Waals surface area (Å²) in [7, 11) is 0. The molecule has 0 aromatic heterocycles. The van der Waals surface area contributed by atoms with E-state index < -0.39 is 122 Å². The lowest BCUT2D eigenvalue weighted by molar-refractivity contribution is -0.375. The molecule has 5 heterocycles. The number of carbonyl (C=O) groups is 1. The van der Waals surface area contributed by atoms with Gasteiger partial charge < -0.3 is 88.6 Å². The Morgan fingerprint density at radius 2 is 1.45 bits per heavy atom. The molecular weight excluding hydrogens is 965 g/mol. The number of esters is 1. The molecular formula is C55H80O19. The molecule has 414 valence electrons. The standard InChI is InChI=1S/C55H80O19/c1-27(2)20-30-21-53(7,65)46-31-13-14-36-51(5)18-17-37(50(3,4)35(51)16-19-52(36,6)54(31)25-55(46,74-30)67-26-54)70-48-45(73-47-42(64)40(62)34(23-57)68-47)43(32(59)24-66-48)72-49-44(41(63)39(61)33(22-56)69-49)71-38(60)15-10-28-8-11-29(58)12-9-28/h8-12,15,20,30-37,39-49,56-59,61-65H,13-14,16-19,21-26H2,1-7H3/b15-10+/t30-,31+,32-,33+,34-,35-,36+,37-,39+,40-,41-,42+,43-,44+,45+,46-,47-,48-,49-,51-,52+,53-,54-,55-/m0/s1. The van der Waals surface area contributed by atoms with Gasteiger partial charge in [-0.1, -0.05) is 51.5 Å². The second-order valence-electron chi connectivity index (χ2n) is 24.8. The first kappa shape index (κ1) is 54.7. The highest BCUT2D eigenvalue weighted by atomic mass is 16.8. The van der Waals surface area contributed by atoms with Crippen LogP contribution in [0.3, 0.4) is 0 Å². The molecule has 24 atom stereocenters. The van der Waals surface area contributed by atoms with Crippen molar-refractivity contribution in [2.24, 2.45) is 45.3 Å². The van der Waals surface area contributed by atoms with E-state index in [-0.39, 0.29) is 52.5 Å². The van der Waals surface area contributed by atoms with E-state index in [4.69, 9.17) is 42.6 Å². The molecule has 74 heavy (non-hydrogen) atoms. The van der Waals surface area contributed by atoms with Crippen LogP contribution in [0, 0.1) is 45.3 Å². The Hall–Kier alpha value is -2.67. The van der Waals surface area contributed by atoms with Crippen molar-refractivity contribution >= 4 is 12.0 Å². The molecule has 9 aliphatic rings. The third kappa shape index (κ3) is 8.94. The molecule has 0 radical (unpaired) electrons. The number of rotatable bonds is 12.